The number of fused-ring (bicyclic) bond motifs is 1. The standard InChI is InChI=1S/C13H15NO/c1-2-5-11-10(4-1)7-8-14-13(11)12-6-3-9-15-12/h1-2,4-5,12H,3,6-9H2/t12-/m0/s1. The van der Waals surface area contributed by atoms with E-state index in [0.717, 1.165) is 26.0 Å². The van der Waals surface area contributed by atoms with Crippen LogP contribution in [0.4, 0.5) is 0 Å². The minimum absolute atomic E-state index is 0.256. The molecule has 0 aromatic heterocycles. The maximum Gasteiger partial charge on any atom is 0.0997 e. The van der Waals surface area contributed by atoms with Gasteiger partial charge in [0, 0.05) is 18.7 Å². The van der Waals surface area contributed by atoms with E-state index >= 15 is 0 Å². The molecule has 0 bridgehead atoms. The number of aliphatic imine (C=N–C) groups is 1. The van der Waals surface area contributed by atoms with Crippen molar-refractivity contribution in [3.63, 3.8) is 0 Å². The molecule has 2 nitrogen and oxygen atoms in total. The van der Waals surface area contributed by atoms with Crippen LogP contribution < -0.4 is 0 Å². The molecule has 0 N–H and O–H groups in total. The van der Waals surface area contributed by atoms with Crippen molar-refractivity contribution < 1.29 is 4.74 Å². The molecule has 0 radical (unpaired) electrons. The Bertz CT molecular complexity index is 391. The summed E-state index contributed by atoms with van der Waals surface area (Å²) in [6.45, 7) is 1.82. The molecule has 1 aromatic rings. The van der Waals surface area contributed by atoms with Gasteiger partial charge in [-0.3, -0.25) is 4.99 Å². The molecule has 0 aliphatic carbocycles. The minimum atomic E-state index is 0.256. The van der Waals surface area contributed by atoms with Crippen LogP contribution in [0.1, 0.15) is 24.0 Å². The Morgan fingerprint density at radius 3 is 3.07 bits per heavy atom. The predicted octanol–water partition coefficient (Wildman–Crippen LogP) is 2.21. The first kappa shape index (κ1) is 9.10. The number of benzene rings is 1. The zero-order valence-corrected chi connectivity index (χ0v) is 8.78. The Balaban J connectivity index is 1.98. The molecular weight excluding hydrogens is 186 g/mol. The van der Waals surface area contributed by atoms with Crippen molar-refractivity contribution in [2.45, 2.75) is 25.4 Å². The summed E-state index contributed by atoms with van der Waals surface area (Å²) in [4.78, 5) is 4.64. The summed E-state index contributed by atoms with van der Waals surface area (Å²) in [5.41, 5.74) is 3.93. The molecule has 3 rings (SSSR count). The zero-order valence-electron chi connectivity index (χ0n) is 8.78. The van der Waals surface area contributed by atoms with Gasteiger partial charge in [-0.15, -0.1) is 0 Å². The zero-order chi connectivity index (χ0) is 10.1. The van der Waals surface area contributed by atoms with Gasteiger partial charge in [0.15, 0.2) is 0 Å². The lowest BCUT2D eigenvalue weighted by atomic mass is 9.94. The highest BCUT2D eigenvalue weighted by atomic mass is 16.5. The van der Waals surface area contributed by atoms with Crippen molar-refractivity contribution in [3.8, 4) is 0 Å². The molecule has 2 heteroatoms. The maximum absolute atomic E-state index is 5.72. The lowest BCUT2D eigenvalue weighted by molar-refractivity contribution is 0.158. The molecule has 1 fully saturated rings. The third-order valence-corrected chi connectivity index (χ3v) is 3.19. The van der Waals surface area contributed by atoms with Crippen LogP contribution in [0, 0.1) is 0 Å². The van der Waals surface area contributed by atoms with E-state index in [1.54, 1.807) is 0 Å². The Labute approximate surface area is 90.0 Å². The molecule has 1 saturated heterocycles. The smallest absolute Gasteiger partial charge is 0.0997 e. The fourth-order valence-corrected chi connectivity index (χ4v) is 2.44. The van der Waals surface area contributed by atoms with E-state index in [1.165, 1.54) is 23.3 Å². The highest BCUT2D eigenvalue weighted by molar-refractivity contribution is 6.05. The summed E-state index contributed by atoms with van der Waals surface area (Å²) in [6.07, 6.45) is 3.64. The SMILES string of the molecule is c1ccc2c(c1)CCN=C2[C@@H]1CCCO1. The van der Waals surface area contributed by atoms with E-state index < -0.39 is 0 Å². The van der Waals surface area contributed by atoms with Crippen molar-refractivity contribution in [2.75, 3.05) is 13.2 Å². The van der Waals surface area contributed by atoms with Crippen LogP contribution in [0.5, 0.6) is 0 Å². The van der Waals surface area contributed by atoms with Crippen molar-refractivity contribution in [1.29, 1.82) is 0 Å². The highest BCUT2D eigenvalue weighted by Gasteiger charge is 2.25. The summed E-state index contributed by atoms with van der Waals surface area (Å²) >= 11 is 0. The van der Waals surface area contributed by atoms with E-state index in [9.17, 15) is 0 Å². The van der Waals surface area contributed by atoms with E-state index in [0.29, 0.717) is 0 Å². The van der Waals surface area contributed by atoms with Gasteiger partial charge in [0.25, 0.3) is 0 Å². The van der Waals surface area contributed by atoms with E-state index in [-0.39, 0.29) is 6.10 Å². The second-order valence-corrected chi connectivity index (χ2v) is 4.18. The monoisotopic (exact) mass is 201 g/mol. The first-order valence-corrected chi connectivity index (χ1v) is 5.69. The Kier molecular flexibility index (Phi) is 2.29. The van der Waals surface area contributed by atoms with Crippen LogP contribution in [0.2, 0.25) is 0 Å². The topological polar surface area (TPSA) is 21.6 Å². The fraction of sp³-hybridized carbons (Fsp3) is 0.462. The molecule has 0 spiro atoms. The van der Waals surface area contributed by atoms with E-state index in [1.807, 2.05) is 0 Å². The molecule has 0 unspecified atom stereocenters. The second-order valence-electron chi connectivity index (χ2n) is 4.18. The number of nitrogens with zero attached hydrogens (tertiary/aromatic N) is 1. The van der Waals surface area contributed by atoms with Gasteiger partial charge in [-0.1, -0.05) is 24.3 Å². The Morgan fingerprint density at radius 1 is 1.27 bits per heavy atom. The molecule has 2 aliphatic rings. The Hall–Kier alpha value is -1.15. The van der Waals surface area contributed by atoms with Crippen LogP contribution in [-0.2, 0) is 11.2 Å². The lowest BCUT2D eigenvalue weighted by Gasteiger charge is -2.20. The van der Waals surface area contributed by atoms with Crippen LogP contribution in [0.3, 0.4) is 0 Å². The summed E-state index contributed by atoms with van der Waals surface area (Å²) in [7, 11) is 0. The van der Waals surface area contributed by atoms with Gasteiger partial charge in [0.1, 0.15) is 0 Å². The normalized spacial score (nSPS) is 24.8. The van der Waals surface area contributed by atoms with Crippen molar-refractivity contribution >= 4 is 5.71 Å². The summed E-state index contributed by atoms with van der Waals surface area (Å²) in [5.74, 6) is 0. The van der Waals surface area contributed by atoms with E-state index in [4.69, 9.17) is 4.74 Å². The van der Waals surface area contributed by atoms with Crippen LogP contribution in [0.15, 0.2) is 29.3 Å². The third kappa shape index (κ3) is 1.59. The second kappa shape index (κ2) is 3.78. The molecule has 2 aliphatic heterocycles. The van der Waals surface area contributed by atoms with Crippen molar-refractivity contribution in [3.05, 3.63) is 35.4 Å². The molecule has 78 valence electrons. The molecule has 0 amide bonds. The summed E-state index contributed by atoms with van der Waals surface area (Å²) in [6, 6.07) is 8.58. The van der Waals surface area contributed by atoms with Gasteiger partial charge < -0.3 is 4.74 Å². The molecule has 2 heterocycles. The van der Waals surface area contributed by atoms with Crippen molar-refractivity contribution in [1.82, 2.24) is 0 Å². The first-order chi connectivity index (χ1) is 7.45. The van der Waals surface area contributed by atoms with Crippen LogP contribution in [0.25, 0.3) is 0 Å². The largest absolute Gasteiger partial charge is 0.372 e. The average molecular weight is 201 g/mol. The molecule has 1 atom stereocenters. The predicted molar refractivity (Wildman–Crippen MR) is 60.5 cm³/mol. The van der Waals surface area contributed by atoms with Crippen LogP contribution in [-0.4, -0.2) is 25.0 Å². The Morgan fingerprint density at radius 2 is 2.20 bits per heavy atom. The third-order valence-electron chi connectivity index (χ3n) is 3.19. The van der Waals surface area contributed by atoms with Gasteiger partial charge in [0.2, 0.25) is 0 Å². The van der Waals surface area contributed by atoms with Crippen LogP contribution >= 0.6 is 0 Å². The quantitative estimate of drug-likeness (QED) is 0.682. The molecule has 0 saturated carbocycles. The van der Waals surface area contributed by atoms with Gasteiger partial charge in [-0.2, -0.15) is 0 Å². The highest BCUT2D eigenvalue weighted by Crippen LogP contribution is 2.23. The summed E-state index contributed by atoms with van der Waals surface area (Å²) < 4.78 is 5.72. The maximum atomic E-state index is 5.72. The van der Waals surface area contributed by atoms with Crippen molar-refractivity contribution in [2.24, 2.45) is 4.99 Å². The van der Waals surface area contributed by atoms with Gasteiger partial charge in [-0.25, -0.2) is 0 Å². The van der Waals surface area contributed by atoms with E-state index in [2.05, 4.69) is 29.3 Å². The molecule has 1 aromatic carbocycles. The minimum Gasteiger partial charge on any atom is -0.372 e. The number of hydrogen-bond donors (Lipinski definition) is 0. The van der Waals surface area contributed by atoms with Gasteiger partial charge in [-0.05, 0) is 24.8 Å². The molecular formula is C13H15NO. The number of hydrogen-bond acceptors (Lipinski definition) is 2. The fourth-order valence-electron chi connectivity index (χ4n) is 2.44. The number of rotatable bonds is 1. The van der Waals surface area contributed by atoms with Gasteiger partial charge in [0.05, 0.1) is 11.8 Å². The first-order valence-electron chi connectivity index (χ1n) is 5.69. The van der Waals surface area contributed by atoms with Gasteiger partial charge >= 0.3 is 0 Å². The average Bonchev–Trinajstić information content (AvgIpc) is 2.82. The summed E-state index contributed by atoms with van der Waals surface area (Å²) in [5, 5.41) is 0. The molecule has 15 heavy (non-hydrogen) atoms. The lowest BCUT2D eigenvalue weighted by Crippen LogP contribution is -2.25. The number of ether oxygens (including phenoxy) is 1.